The molecule has 0 aliphatic rings. The summed E-state index contributed by atoms with van der Waals surface area (Å²) in [4.78, 5) is 26.1. The van der Waals surface area contributed by atoms with Crippen molar-refractivity contribution < 1.29 is 4.79 Å². The summed E-state index contributed by atoms with van der Waals surface area (Å²) in [5, 5.41) is 6.56. The summed E-state index contributed by atoms with van der Waals surface area (Å²) in [5.74, 6) is -0.0998. The highest BCUT2D eigenvalue weighted by molar-refractivity contribution is 5.81. The molecule has 3 N–H and O–H groups in total. The van der Waals surface area contributed by atoms with Crippen LogP contribution in [0.2, 0.25) is 0 Å². The highest BCUT2D eigenvalue weighted by atomic mass is 16.2. The summed E-state index contributed by atoms with van der Waals surface area (Å²) in [6.07, 6.45) is 0. The molecule has 0 fully saturated rings. The molecule has 0 radical (unpaired) electrons. The number of fused-ring (bicyclic) bond motifs is 1. The fourth-order valence-electron chi connectivity index (χ4n) is 1.90. The van der Waals surface area contributed by atoms with Gasteiger partial charge in [-0.3, -0.25) is 9.59 Å². The molecule has 1 unspecified atom stereocenters. The van der Waals surface area contributed by atoms with Crippen LogP contribution in [0.25, 0.3) is 10.9 Å². The van der Waals surface area contributed by atoms with Crippen molar-refractivity contribution in [1.82, 2.24) is 15.6 Å². The molecule has 0 aliphatic heterocycles. The van der Waals surface area contributed by atoms with E-state index in [4.69, 9.17) is 0 Å². The number of carbonyl (C=O) groups is 1. The number of H-pyrrole nitrogens is 1. The Bertz CT molecular complexity index is 648. The minimum atomic E-state index is -0.337. The van der Waals surface area contributed by atoms with Crippen molar-refractivity contribution in [1.29, 1.82) is 0 Å². The number of aromatic nitrogens is 1. The summed E-state index contributed by atoms with van der Waals surface area (Å²) in [5.41, 5.74) is 1.31. The second-order valence-corrected chi connectivity index (χ2v) is 4.43. The molecule has 1 amide bonds. The third-order valence-electron chi connectivity index (χ3n) is 3.07. The molecule has 0 spiro atoms. The Morgan fingerprint density at radius 3 is 2.84 bits per heavy atom. The number of likely N-dealkylation sites (N-methyl/N-ethyl adjacent to an activating group) is 1. The van der Waals surface area contributed by atoms with Crippen molar-refractivity contribution in [3.63, 3.8) is 0 Å². The number of carbonyl (C=O) groups excluding carboxylic acids is 1. The molecule has 2 rings (SSSR count). The van der Waals surface area contributed by atoms with Crippen LogP contribution in [-0.2, 0) is 11.3 Å². The second-order valence-electron chi connectivity index (χ2n) is 4.43. The first kappa shape index (κ1) is 13.3. The number of hydrogen-bond donors (Lipinski definition) is 3. The monoisotopic (exact) mass is 259 g/mol. The Hall–Kier alpha value is -2.14. The normalized spacial score (nSPS) is 12.3. The van der Waals surface area contributed by atoms with Gasteiger partial charge in [-0.05, 0) is 24.4 Å². The third kappa shape index (κ3) is 3.00. The molecular weight excluding hydrogens is 242 g/mol. The standard InChI is InChI=1S/C14H17N3O2/c1-9(13(18)15-2)16-8-11-7-10-5-3-4-6-12(10)17-14(11)19/h3-7,9,16H,8H2,1-2H3,(H,15,18)(H,17,19). The van der Waals surface area contributed by atoms with Gasteiger partial charge in [0.15, 0.2) is 0 Å². The molecule has 19 heavy (non-hydrogen) atoms. The van der Waals surface area contributed by atoms with E-state index in [1.807, 2.05) is 30.3 Å². The van der Waals surface area contributed by atoms with Crippen LogP contribution < -0.4 is 16.2 Å². The SMILES string of the molecule is CNC(=O)C(C)NCc1cc2ccccc2[nH]c1=O. The maximum Gasteiger partial charge on any atom is 0.252 e. The summed E-state index contributed by atoms with van der Waals surface area (Å²) >= 11 is 0. The highest BCUT2D eigenvalue weighted by Gasteiger charge is 2.11. The fourth-order valence-corrected chi connectivity index (χ4v) is 1.90. The molecule has 0 aliphatic carbocycles. The van der Waals surface area contributed by atoms with E-state index >= 15 is 0 Å². The predicted molar refractivity (Wildman–Crippen MR) is 74.9 cm³/mol. The number of benzene rings is 1. The van der Waals surface area contributed by atoms with Crippen LogP contribution in [0.3, 0.4) is 0 Å². The van der Waals surface area contributed by atoms with E-state index in [1.54, 1.807) is 14.0 Å². The lowest BCUT2D eigenvalue weighted by atomic mass is 10.1. The molecule has 2 aromatic rings. The van der Waals surface area contributed by atoms with E-state index in [9.17, 15) is 9.59 Å². The number of amides is 1. The molecule has 0 saturated carbocycles. The summed E-state index contributed by atoms with van der Waals surface area (Å²) in [6.45, 7) is 2.11. The molecule has 100 valence electrons. The maximum atomic E-state index is 11.9. The lowest BCUT2D eigenvalue weighted by molar-refractivity contribution is -0.122. The van der Waals surface area contributed by atoms with E-state index in [-0.39, 0.29) is 17.5 Å². The van der Waals surface area contributed by atoms with E-state index in [2.05, 4.69) is 15.6 Å². The van der Waals surface area contributed by atoms with Gasteiger partial charge in [0.2, 0.25) is 5.91 Å². The number of rotatable bonds is 4. The van der Waals surface area contributed by atoms with E-state index < -0.39 is 0 Å². The van der Waals surface area contributed by atoms with Gasteiger partial charge in [0.25, 0.3) is 5.56 Å². The Labute approximate surface area is 111 Å². The molecule has 1 heterocycles. The summed E-state index contributed by atoms with van der Waals surface area (Å²) in [6, 6.07) is 9.11. The van der Waals surface area contributed by atoms with Gasteiger partial charge in [0.1, 0.15) is 0 Å². The van der Waals surface area contributed by atoms with Crippen LogP contribution in [0.1, 0.15) is 12.5 Å². The number of hydrogen-bond acceptors (Lipinski definition) is 3. The molecule has 0 saturated heterocycles. The molecule has 0 bridgehead atoms. The van der Waals surface area contributed by atoms with Gasteiger partial charge in [0, 0.05) is 24.7 Å². The van der Waals surface area contributed by atoms with Gasteiger partial charge in [0.05, 0.1) is 6.04 Å². The second kappa shape index (κ2) is 5.67. The predicted octanol–water partition coefficient (Wildman–Crippen LogP) is 0.752. The first-order valence-electron chi connectivity index (χ1n) is 6.17. The highest BCUT2D eigenvalue weighted by Crippen LogP contribution is 2.09. The zero-order valence-electron chi connectivity index (χ0n) is 11.0. The van der Waals surface area contributed by atoms with Gasteiger partial charge in [-0.25, -0.2) is 0 Å². The third-order valence-corrected chi connectivity index (χ3v) is 3.07. The lowest BCUT2D eigenvalue weighted by Gasteiger charge is -2.12. The van der Waals surface area contributed by atoms with Crippen molar-refractivity contribution in [3.05, 3.63) is 46.2 Å². The van der Waals surface area contributed by atoms with Crippen LogP contribution >= 0.6 is 0 Å². The maximum absolute atomic E-state index is 11.9. The van der Waals surface area contributed by atoms with Crippen molar-refractivity contribution in [3.8, 4) is 0 Å². The molecular formula is C14H17N3O2. The number of pyridine rings is 1. The van der Waals surface area contributed by atoms with E-state index in [1.165, 1.54) is 0 Å². The van der Waals surface area contributed by atoms with Crippen LogP contribution in [0.15, 0.2) is 35.1 Å². The van der Waals surface area contributed by atoms with Crippen LogP contribution in [0.5, 0.6) is 0 Å². The topological polar surface area (TPSA) is 74.0 Å². The van der Waals surface area contributed by atoms with Crippen molar-refractivity contribution >= 4 is 16.8 Å². The quantitative estimate of drug-likeness (QED) is 0.758. The van der Waals surface area contributed by atoms with Gasteiger partial charge in [-0.1, -0.05) is 18.2 Å². The average molecular weight is 259 g/mol. The zero-order chi connectivity index (χ0) is 13.8. The molecule has 1 aromatic carbocycles. The van der Waals surface area contributed by atoms with Gasteiger partial charge >= 0.3 is 0 Å². The number of nitrogens with one attached hydrogen (secondary N) is 3. The first-order chi connectivity index (χ1) is 9.11. The minimum Gasteiger partial charge on any atom is -0.358 e. The van der Waals surface area contributed by atoms with Gasteiger partial charge in [-0.2, -0.15) is 0 Å². The Morgan fingerprint density at radius 1 is 1.37 bits per heavy atom. The number of aromatic amines is 1. The Balaban J connectivity index is 2.19. The first-order valence-corrected chi connectivity index (χ1v) is 6.17. The van der Waals surface area contributed by atoms with Crippen LogP contribution in [0, 0.1) is 0 Å². The van der Waals surface area contributed by atoms with E-state index in [0.29, 0.717) is 12.1 Å². The largest absolute Gasteiger partial charge is 0.358 e. The Kier molecular flexibility index (Phi) is 3.97. The summed E-state index contributed by atoms with van der Waals surface area (Å²) in [7, 11) is 1.59. The smallest absolute Gasteiger partial charge is 0.252 e. The van der Waals surface area contributed by atoms with Crippen LogP contribution in [-0.4, -0.2) is 24.0 Å². The lowest BCUT2D eigenvalue weighted by Crippen LogP contribution is -2.40. The van der Waals surface area contributed by atoms with Crippen LogP contribution in [0.4, 0.5) is 0 Å². The zero-order valence-corrected chi connectivity index (χ0v) is 11.0. The molecule has 1 atom stereocenters. The fraction of sp³-hybridized carbons (Fsp3) is 0.286. The van der Waals surface area contributed by atoms with Crippen molar-refractivity contribution in [2.45, 2.75) is 19.5 Å². The van der Waals surface area contributed by atoms with Crippen molar-refractivity contribution in [2.75, 3.05) is 7.05 Å². The molecule has 5 nitrogen and oxygen atoms in total. The molecule has 5 heteroatoms. The van der Waals surface area contributed by atoms with E-state index in [0.717, 1.165) is 10.9 Å². The molecule has 1 aromatic heterocycles. The number of para-hydroxylation sites is 1. The van der Waals surface area contributed by atoms with Gasteiger partial charge < -0.3 is 15.6 Å². The van der Waals surface area contributed by atoms with Crippen molar-refractivity contribution in [2.24, 2.45) is 0 Å². The summed E-state index contributed by atoms with van der Waals surface area (Å²) < 4.78 is 0. The average Bonchev–Trinajstić information content (AvgIpc) is 2.43. The minimum absolute atomic E-state index is 0.0998. The van der Waals surface area contributed by atoms with Gasteiger partial charge in [-0.15, -0.1) is 0 Å². The Morgan fingerprint density at radius 2 is 2.11 bits per heavy atom.